The molecule has 0 unspecified atom stereocenters. The van der Waals surface area contributed by atoms with Crippen molar-refractivity contribution in [3.8, 4) is 11.4 Å². The number of nitrogens with zero attached hydrogens (tertiary/aromatic N) is 3. The smallest absolute Gasteiger partial charge is 0.271 e. The van der Waals surface area contributed by atoms with Gasteiger partial charge in [-0.15, -0.1) is 0 Å². The SMILES string of the molecule is COc1ccc(-n2ccnc2S[C@@H](C)C(=O)Nc2cc([N+](=O)[O-])ccc2Cl)cc1. The zero-order valence-electron chi connectivity index (χ0n) is 15.5. The lowest BCUT2D eigenvalue weighted by atomic mass is 10.2. The van der Waals surface area contributed by atoms with Gasteiger partial charge in [0.25, 0.3) is 5.69 Å². The number of halogens is 1. The van der Waals surface area contributed by atoms with E-state index in [1.165, 1.54) is 30.0 Å². The summed E-state index contributed by atoms with van der Waals surface area (Å²) in [7, 11) is 1.60. The number of benzene rings is 2. The first-order valence-electron chi connectivity index (χ1n) is 8.48. The van der Waals surface area contributed by atoms with E-state index >= 15 is 0 Å². The van der Waals surface area contributed by atoms with E-state index in [9.17, 15) is 14.9 Å². The number of ether oxygens (including phenoxy) is 1. The van der Waals surface area contributed by atoms with Crippen molar-refractivity contribution < 1.29 is 14.5 Å². The minimum absolute atomic E-state index is 0.153. The Bertz CT molecular complexity index is 1040. The molecule has 0 aliphatic carbocycles. The molecule has 0 aliphatic heterocycles. The summed E-state index contributed by atoms with van der Waals surface area (Å²) in [6.07, 6.45) is 3.45. The van der Waals surface area contributed by atoms with Crippen LogP contribution < -0.4 is 10.1 Å². The van der Waals surface area contributed by atoms with E-state index in [1.54, 1.807) is 26.4 Å². The van der Waals surface area contributed by atoms with E-state index in [2.05, 4.69) is 10.3 Å². The third kappa shape index (κ3) is 4.87. The molecule has 3 aromatic rings. The Kier molecular flexibility index (Phi) is 6.40. The molecule has 0 fully saturated rings. The maximum absolute atomic E-state index is 12.6. The molecule has 1 heterocycles. The van der Waals surface area contributed by atoms with Crippen LogP contribution in [0, 0.1) is 10.1 Å². The Balaban J connectivity index is 1.73. The van der Waals surface area contributed by atoms with Crippen molar-refractivity contribution in [2.75, 3.05) is 12.4 Å². The van der Waals surface area contributed by atoms with Gasteiger partial charge in [0.1, 0.15) is 5.75 Å². The average Bonchev–Trinajstić information content (AvgIpc) is 3.17. The van der Waals surface area contributed by atoms with Crippen LogP contribution in [0.2, 0.25) is 5.02 Å². The quantitative estimate of drug-likeness (QED) is 0.333. The van der Waals surface area contributed by atoms with Crippen LogP contribution in [-0.4, -0.2) is 32.7 Å². The fraction of sp³-hybridized carbons (Fsp3) is 0.158. The lowest BCUT2D eigenvalue weighted by Gasteiger charge is -2.14. The van der Waals surface area contributed by atoms with Crippen molar-refractivity contribution in [3.63, 3.8) is 0 Å². The zero-order chi connectivity index (χ0) is 21.0. The Morgan fingerprint density at radius 3 is 2.69 bits per heavy atom. The van der Waals surface area contributed by atoms with Crippen LogP contribution in [0.4, 0.5) is 11.4 Å². The number of thioether (sulfide) groups is 1. The lowest BCUT2D eigenvalue weighted by molar-refractivity contribution is -0.384. The highest BCUT2D eigenvalue weighted by Gasteiger charge is 2.20. The first-order valence-corrected chi connectivity index (χ1v) is 9.74. The summed E-state index contributed by atoms with van der Waals surface area (Å²) in [5, 5.41) is 13.9. The van der Waals surface area contributed by atoms with Crippen LogP contribution in [0.3, 0.4) is 0 Å². The first kappa shape index (κ1) is 20.7. The minimum Gasteiger partial charge on any atom is -0.497 e. The molecule has 1 amide bonds. The molecule has 1 atom stereocenters. The van der Waals surface area contributed by atoms with Crippen molar-refractivity contribution in [2.24, 2.45) is 0 Å². The molecule has 0 radical (unpaired) electrons. The molecule has 8 nitrogen and oxygen atoms in total. The van der Waals surface area contributed by atoms with Gasteiger partial charge >= 0.3 is 0 Å². The van der Waals surface area contributed by atoms with Gasteiger partial charge in [0.2, 0.25) is 5.91 Å². The van der Waals surface area contributed by atoms with E-state index in [0.29, 0.717) is 5.16 Å². The lowest BCUT2D eigenvalue weighted by Crippen LogP contribution is -2.23. The predicted octanol–water partition coefficient (Wildman–Crippen LogP) is 4.56. The molecule has 0 bridgehead atoms. The third-order valence-electron chi connectivity index (χ3n) is 4.03. The number of amides is 1. The van der Waals surface area contributed by atoms with Crippen LogP contribution >= 0.6 is 23.4 Å². The van der Waals surface area contributed by atoms with Crippen LogP contribution in [0.15, 0.2) is 60.0 Å². The van der Waals surface area contributed by atoms with Gasteiger partial charge in [-0.2, -0.15) is 0 Å². The number of rotatable bonds is 7. The van der Waals surface area contributed by atoms with Crippen LogP contribution in [0.25, 0.3) is 5.69 Å². The molecule has 0 saturated carbocycles. The normalized spacial score (nSPS) is 11.7. The molecule has 1 aromatic heterocycles. The molecule has 3 rings (SSSR count). The minimum atomic E-state index is -0.546. The van der Waals surface area contributed by atoms with Gasteiger partial charge in [0.15, 0.2) is 5.16 Å². The van der Waals surface area contributed by atoms with Crippen molar-refractivity contribution in [3.05, 3.63) is 70.0 Å². The van der Waals surface area contributed by atoms with Crippen molar-refractivity contribution in [1.29, 1.82) is 0 Å². The van der Waals surface area contributed by atoms with Gasteiger partial charge in [-0.25, -0.2) is 4.98 Å². The van der Waals surface area contributed by atoms with Crippen LogP contribution in [0.5, 0.6) is 5.75 Å². The summed E-state index contributed by atoms with van der Waals surface area (Å²) in [4.78, 5) is 27.3. The molecule has 150 valence electrons. The second-order valence-electron chi connectivity index (χ2n) is 5.95. The largest absolute Gasteiger partial charge is 0.497 e. The molecule has 0 saturated heterocycles. The molecule has 29 heavy (non-hydrogen) atoms. The van der Waals surface area contributed by atoms with E-state index < -0.39 is 10.2 Å². The summed E-state index contributed by atoms with van der Waals surface area (Å²) in [5.41, 5.74) is 0.914. The first-order chi connectivity index (χ1) is 13.9. The van der Waals surface area contributed by atoms with E-state index in [4.69, 9.17) is 16.3 Å². The highest BCUT2D eigenvalue weighted by molar-refractivity contribution is 8.00. The number of carbonyl (C=O) groups is 1. The van der Waals surface area contributed by atoms with Gasteiger partial charge in [0.05, 0.1) is 28.0 Å². The maximum Gasteiger partial charge on any atom is 0.271 e. The van der Waals surface area contributed by atoms with Crippen molar-refractivity contribution in [1.82, 2.24) is 9.55 Å². The summed E-state index contributed by atoms with van der Waals surface area (Å²) in [5.74, 6) is 0.395. The maximum atomic E-state index is 12.6. The number of nitrogens with one attached hydrogen (secondary N) is 1. The van der Waals surface area contributed by atoms with E-state index in [1.807, 2.05) is 28.8 Å². The van der Waals surface area contributed by atoms with Gasteiger partial charge in [0, 0.05) is 30.2 Å². The number of imidazole rings is 1. The third-order valence-corrected chi connectivity index (χ3v) is 5.44. The zero-order valence-corrected chi connectivity index (χ0v) is 17.1. The predicted molar refractivity (Wildman–Crippen MR) is 112 cm³/mol. The van der Waals surface area contributed by atoms with E-state index in [-0.39, 0.29) is 22.3 Å². The Labute approximate surface area is 176 Å². The number of methoxy groups -OCH3 is 1. The summed E-state index contributed by atoms with van der Waals surface area (Å²) >= 11 is 7.31. The number of carbonyl (C=O) groups excluding carboxylic acids is 1. The van der Waals surface area contributed by atoms with Gasteiger partial charge in [-0.3, -0.25) is 19.5 Å². The summed E-state index contributed by atoms with van der Waals surface area (Å²) < 4.78 is 7.02. The van der Waals surface area contributed by atoms with Crippen molar-refractivity contribution in [2.45, 2.75) is 17.3 Å². The molecule has 2 aromatic carbocycles. The molecular formula is C19H17ClN4O4S. The number of aromatic nitrogens is 2. The standard InChI is InChI=1S/C19H17ClN4O4S/c1-12(18(25)22-17-11-14(24(26)27)5-8-16(17)20)29-19-21-9-10-23(19)13-3-6-15(28-2)7-4-13/h3-12H,1-2H3,(H,22,25)/t12-/m0/s1. The second kappa shape index (κ2) is 8.97. The number of non-ortho nitro benzene ring substituents is 1. The monoisotopic (exact) mass is 432 g/mol. The molecule has 0 aliphatic rings. The van der Waals surface area contributed by atoms with Crippen molar-refractivity contribution >= 4 is 40.6 Å². The number of hydrogen-bond acceptors (Lipinski definition) is 6. The van der Waals surface area contributed by atoms with Gasteiger partial charge < -0.3 is 10.1 Å². The Morgan fingerprint density at radius 1 is 1.31 bits per heavy atom. The van der Waals surface area contributed by atoms with Gasteiger partial charge in [-0.1, -0.05) is 23.4 Å². The summed E-state index contributed by atoms with van der Waals surface area (Å²) in [6.45, 7) is 1.72. The number of anilines is 1. The molecule has 0 spiro atoms. The highest BCUT2D eigenvalue weighted by atomic mass is 35.5. The van der Waals surface area contributed by atoms with Crippen LogP contribution in [-0.2, 0) is 4.79 Å². The average molecular weight is 433 g/mol. The topological polar surface area (TPSA) is 99.3 Å². The van der Waals surface area contributed by atoms with Crippen LogP contribution in [0.1, 0.15) is 6.92 Å². The second-order valence-corrected chi connectivity index (χ2v) is 7.66. The summed E-state index contributed by atoms with van der Waals surface area (Å²) in [6, 6.07) is 11.3. The van der Waals surface area contributed by atoms with Gasteiger partial charge in [-0.05, 0) is 37.3 Å². The number of nitro groups is 1. The highest BCUT2D eigenvalue weighted by Crippen LogP contribution is 2.29. The molecular weight excluding hydrogens is 416 g/mol. The Morgan fingerprint density at radius 2 is 2.03 bits per heavy atom. The van der Waals surface area contributed by atoms with E-state index in [0.717, 1.165) is 11.4 Å². The fourth-order valence-corrected chi connectivity index (χ4v) is 3.53. The molecule has 1 N–H and O–H groups in total. The fourth-order valence-electron chi connectivity index (χ4n) is 2.48. The number of nitro benzene ring substituents is 1. The number of hydrogen-bond donors (Lipinski definition) is 1. The molecule has 10 heteroatoms. The Hall–Kier alpha value is -3.04.